The first kappa shape index (κ1) is 18.5. The van der Waals surface area contributed by atoms with Gasteiger partial charge in [-0.15, -0.1) is 13.2 Å². The molecule has 1 aliphatic heterocycles. The fraction of sp³-hybridized carbons (Fsp3) is 0.562. The number of hydrogen-bond acceptors (Lipinski definition) is 3. The summed E-state index contributed by atoms with van der Waals surface area (Å²) in [5.74, 6) is -2.99. The van der Waals surface area contributed by atoms with Crippen LogP contribution in [-0.4, -0.2) is 46.6 Å². The van der Waals surface area contributed by atoms with E-state index in [1.807, 2.05) is 20.8 Å². The number of aliphatic carboxylic acids is 1. The van der Waals surface area contributed by atoms with E-state index in [0.29, 0.717) is 5.56 Å². The monoisotopic (exact) mass is 349 g/mol. The van der Waals surface area contributed by atoms with Crippen molar-refractivity contribution in [3.05, 3.63) is 29.8 Å². The molecule has 0 aliphatic carbocycles. The second-order valence-corrected chi connectivity index (χ2v) is 6.89. The number of hydrogen-bond donors (Lipinski definition) is 1. The van der Waals surface area contributed by atoms with Gasteiger partial charge in [0.15, 0.2) is 0 Å². The van der Waals surface area contributed by atoms with E-state index in [-0.39, 0.29) is 13.1 Å². The van der Waals surface area contributed by atoms with Gasteiger partial charge in [-0.3, -0.25) is 4.90 Å². The highest BCUT2D eigenvalue weighted by Crippen LogP contribution is 2.42. The van der Waals surface area contributed by atoms with Crippen molar-refractivity contribution >= 4 is 5.97 Å². The molecule has 0 aromatic heterocycles. The Morgan fingerprint density at radius 2 is 1.79 bits per heavy atom. The molecule has 1 N–H and O–H groups in total. The van der Waals surface area contributed by atoms with Gasteiger partial charge in [-0.2, -0.15) is 0 Å². The van der Waals surface area contributed by atoms with Gasteiger partial charge in [-0.05, 0) is 38.5 Å². The van der Waals surface area contributed by atoms with Crippen LogP contribution >= 0.6 is 0 Å². The molecule has 134 valence electrons. The van der Waals surface area contributed by atoms with Gasteiger partial charge in [-0.25, -0.2) is 9.18 Å². The normalized spacial score (nSPS) is 25.7. The van der Waals surface area contributed by atoms with Gasteiger partial charge in [0.1, 0.15) is 5.75 Å². The van der Waals surface area contributed by atoms with Crippen LogP contribution in [0, 0.1) is 0 Å². The molecule has 0 saturated carbocycles. The smallest absolute Gasteiger partial charge is 0.479 e. The Hall–Kier alpha value is -1.83. The quantitative estimate of drug-likeness (QED) is 0.848. The highest BCUT2D eigenvalue weighted by molar-refractivity contribution is 5.80. The van der Waals surface area contributed by atoms with Gasteiger partial charge in [0, 0.05) is 24.5 Å². The Kier molecular flexibility index (Phi) is 4.56. The molecule has 1 aromatic carbocycles. The minimum absolute atomic E-state index is 0.159. The summed E-state index contributed by atoms with van der Waals surface area (Å²) in [6, 6.07) is 4.67. The second kappa shape index (κ2) is 5.91. The third-order valence-corrected chi connectivity index (χ3v) is 4.20. The van der Waals surface area contributed by atoms with E-state index in [2.05, 4.69) is 4.74 Å². The van der Waals surface area contributed by atoms with Crippen LogP contribution in [0.1, 0.15) is 32.3 Å². The largest absolute Gasteiger partial charge is 0.573 e. The van der Waals surface area contributed by atoms with Gasteiger partial charge in [0.25, 0.3) is 0 Å². The highest BCUT2D eigenvalue weighted by Gasteiger charge is 2.55. The van der Waals surface area contributed by atoms with Crippen molar-refractivity contribution < 1.29 is 32.2 Å². The predicted octanol–water partition coefficient (Wildman–Crippen LogP) is 3.58. The summed E-state index contributed by atoms with van der Waals surface area (Å²) in [4.78, 5) is 13.2. The van der Waals surface area contributed by atoms with E-state index >= 15 is 4.39 Å². The molecule has 24 heavy (non-hydrogen) atoms. The molecule has 0 spiro atoms. The van der Waals surface area contributed by atoms with Crippen LogP contribution in [0.4, 0.5) is 17.6 Å². The van der Waals surface area contributed by atoms with Gasteiger partial charge >= 0.3 is 12.3 Å². The molecule has 2 atom stereocenters. The standard InChI is InChI=1S/C16H19F4NO3/c1-14(2,3)21-8-12(15(17,9-21)13(22)23)10-4-6-11(7-5-10)24-16(18,19)20/h4-7,12H,8-9H2,1-3H3,(H,22,23)/t12-,15-/m0/s1. The van der Waals surface area contributed by atoms with Crippen molar-refractivity contribution in [2.45, 2.75) is 44.3 Å². The molecule has 4 nitrogen and oxygen atoms in total. The lowest BCUT2D eigenvalue weighted by Gasteiger charge is -2.31. The predicted molar refractivity (Wildman–Crippen MR) is 78.7 cm³/mol. The van der Waals surface area contributed by atoms with Crippen LogP contribution in [0.25, 0.3) is 0 Å². The fourth-order valence-electron chi connectivity index (χ4n) is 2.82. The van der Waals surface area contributed by atoms with Gasteiger partial charge < -0.3 is 9.84 Å². The number of carboxylic acid groups (broad SMARTS) is 1. The average molecular weight is 349 g/mol. The van der Waals surface area contributed by atoms with Crippen molar-refractivity contribution in [3.63, 3.8) is 0 Å². The fourth-order valence-corrected chi connectivity index (χ4v) is 2.82. The van der Waals surface area contributed by atoms with Crippen LogP contribution in [0.15, 0.2) is 24.3 Å². The number of carbonyl (C=O) groups is 1. The van der Waals surface area contributed by atoms with Crippen LogP contribution in [0.3, 0.4) is 0 Å². The maximum Gasteiger partial charge on any atom is 0.573 e. The zero-order valence-corrected chi connectivity index (χ0v) is 13.5. The molecule has 1 aromatic rings. The third-order valence-electron chi connectivity index (χ3n) is 4.20. The molecule has 1 aliphatic rings. The first-order valence-electron chi connectivity index (χ1n) is 7.36. The number of carboxylic acids is 1. The summed E-state index contributed by atoms with van der Waals surface area (Å²) in [5.41, 5.74) is -2.61. The summed E-state index contributed by atoms with van der Waals surface area (Å²) in [6.07, 6.45) is -4.82. The number of rotatable bonds is 3. The van der Waals surface area contributed by atoms with Crippen LogP contribution in [0.2, 0.25) is 0 Å². The van der Waals surface area contributed by atoms with E-state index in [9.17, 15) is 23.1 Å². The van der Waals surface area contributed by atoms with E-state index in [4.69, 9.17) is 0 Å². The van der Waals surface area contributed by atoms with Crippen molar-refractivity contribution in [2.24, 2.45) is 0 Å². The van der Waals surface area contributed by atoms with E-state index in [1.54, 1.807) is 4.90 Å². The minimum atomic E-state index is -4.82. The Morgan fingerprint density at radius 1 is 1.25 bits per heavy atom. The highest BCUT2D eigenvalue weighted by atomic mass is 19.4. The van der Waals surface area contributed by atoms with Gasteiger partial charge in [0.05, 0.1) is 0 Å². The molecular weight excluding hydrogens is 330 g/mol. The van der Waals surface area contributed by atoms with E-state index in [1.165, 1.54) is 12.1 Å². The molecule has 2 rings (SSSR count). The summed E-state index contributed by atoms with van der Waals surface area (Å²) in [5, 5.41) is 9.32. The number of nitrogens with zero attached hydrogens (tertiary/aromatic N) is 1. The van der Waals surface area contributed by atoms with Crippen LogP contribution in [0.5, 0.6) is 5.75 Å². The van der Waals surface area contributed by atoms with Gasteiger partial charge in [0.2, 0.25) is 5.67 Å². The van der Waals surface area contributed by atoms with Crippen molar-refractivity contribution in [1.29, 1.82) is 0 Å². The van der Waals surface area contributed by atoms with Crippen LogP contribution in [-0.2, 0) is 4.79 Å². The minimum Gasteiger partial charge on any atom is -0.479 e. The Morgan fingerprint density at radius 3 is 2.21 bits per heavy atom. The molecule has 1 heterocycles. The summed E-state index contributed by atoms with van der Waals surface area (Å²) < 4.78 is 55.4. The SMILES string of the molecule is CC(C)(C)N1C[C@@H](c2ccc(OC(F)(F)F)cc2)[C@](F)(C(=O)O)C1. The molecule has 1 fully saturated rings. The second-order valence-electron chi connectivity index (χ2n) is 6.89. The van der Waals surface area contributed by atoms with Crippen molar-refractivity contribution in [1.82, 2.24) is 4.90 Å². The molecule has 8 heteroatoms. The van der Waals surface area contributed by atoms with Gasteiger partial charge in [-0.1, -0.05) is 12.1 Å². The topological polar surface area (TPSA) is 49.8 Å². The third kappa shape index (κ3) is 3.80. The number of ether oxygens (including phenoxy) is 1. The molecule has 0 unspecified atom stereocenters. The number of alkyl halides is 4. The molecule has 0 bridgehead atoms. The van der Waals surface area contributed by atoms with Crippen molar-refractivity contribution in [2.75, 3.05) is 13.1 Å². The lowest BCUT2D eigenvalue weighted by molar-refractivity contribution is -0.274. The van der Waals surface area contributed by atoms with E-state index < -0.39 is 35.2 Å². The number of likely N-dealkylation sites (tertiary alicyclic amines) is 1. The molecule has 0 amide bonds. The van der Waals surface area contributed by atoms with E-state index in [0.717, 1.165) is 12.1 Å². The summed E-state index contributed by atoms with van der Waals surface area (Å²) >= 11 is 0. The lowest BCUT2D eigenvalue weighted by Crippen LogP contribution is -2.44. The Balaban J connectivity index is 2.30. The maximum absolute atomic E-state index is 15.1. The number of halogens is 4. The first-order valence-corrected chi connectivity index (χ1v) is 7.36. The maximum atomic E-state index is 15.1. The molecule has 1 saturated heterocycles. The molecule has 0 radical (unpaired) electrons. The molecular formula is C16H19F4NO3. The number of benzene rings is 1. The summed E-state index contributed by atoms with van der Waals surface area (Å²) in [7, 11) is 0. The Labute approximate surface area is 137 Å². The Bertz CT molecular complexity index is 609. The summed E-state index contributed by atoms with van der Waals surface area (Å²) in [6.45, 7) is 5.41. The zero-order valence-electron chi connectivity index (χ0n) is 13.5. The average Bonchev–Trinajstić information content (AvgIpc) is 2.77. The zero-order chi connectivity index (χ0) is 18.3. The lowest BCUT2D eigenvalue weighted by atomic mass is 9.86. The van der Waals surface area contributed by atoms with Crippen LogP contribution < -0.4 is 4.74 Å². The first-order chi connectivity index (χ1) is 10.8. The van der Waals surface area contributed by atoms with Crippen molar-refractivity contribution in [3.8, 4) is 5.75 Å².